The molecule has 0 amide bonds. The average Bonchev–Trinajstić information content (AvgIpc) is 3.21. The van der Waals surface area contributed by atoms with Gasteiger partial charge in [-0.25, -0.2) is 13.1 Å². The molecule has 21 heavy (non-hydrogen) atoms. The van der Waals surface area contributed by atoms with E-state index < -0.39 is 37.5 Å². The Labute approximate surface area is 121 Å². The highest BCUT2D eigenvalue weighted by Crippen LogP contribution is 2.35. The lowest BCUT2D eigenvalue weighted by molar-refractivity contribution is -0.387. The lowest BCUT2D eigenvalue weighted by Gasteiger charge is -2.16. The fourth-order valence-corrected chi connectivity index (χ4v) is 3.57. The van der Waals surface area contributed by atoms with E-state index in [-0.39, 0.29) is 12.3 Å². The molecule has 0 aliphatic heterocycles. The monoisotopic (exact) mass is 314 g/mol. The first kappa shape index (κ1) is 15.4. The van der Waals surface area contributed by atoms with Gasteiger partial charge in [0, 0.05) is 12.1 Å². The zero-order chi connectivity index (χ0) is 15.6. The highest BCUT2D eigenvalue weighted by Gasteiger charge is 2.37. The summed E-state index contributed by atoms with van der Waals surface area (Å²) in [5.41, 5.74) is -0.533. The van der Waals surface area contributed by atoms with E-state index in [4.69, 9.17) is 5.11 Å². The molecule has 9 heteroatoms. The number of nitrogens with zero attached hydrogens (tertiary/aromatic N) is 1. The number of rotatable bonds is 7. The van der Waals surface area contributed by atoms with Crippen LogP contribution in [0.5, 0.6) is 0 Å². The lowest BCUT2D eigenvalue weighted by atomic mass is 10.1. The number of sulfonamides is 1. The minimum atomic E-state index is -4.14. The fourth-order valence-electron chi connectivity index (χ4n) is 2.09. The number of carboxylic acid groups (broad SMARTS) is 1. The lowest BCUT2D eigenvalue weighted by Crippen LogP contribution is -2.38. The highest BCUT2D eigenvalue weighted by atomic mass is 32.2. The van der Waals surface area contributed by atoms with E-state index in [9.17, 15) is 23.3 Å². The normalized spacial score (nSPS) is 16.4. The minimum Gasteiger partial charge on any atom is -0.481 e. The Kier molecular flexibility index (Phi) is 4.24. The van der Waals surface area contributed by atoms with Gasteiger partial charge in [0.15, 0.2) is 4.90 Å². The summed E-state index contributed by atoms with van der Waals surface area (Å²) in [7, 11) is -4.14. The van der Waals surface area contributed by atoms with E-state index in [0.717, 1.165) is 25.0 Å². The van der Waals surface area contributed by atoms with Gasteiger partial charge in [-0.15, -0.1) is 0 Å². The van der Waals surface area contributed by atoms with Gasteiger partial charge >= 0.3 is 5.97 Å². The number of hydrogen-bond donors (Lipinski definition) is 2. The van der Waals surface area contributed by atoms with Gasteiger partial charge in [0.25, 0.3) is 5.69 Å². The van der Waals surface area contributed by atoms with Gasteiger partial charge in [0.2, 0.25) is 10.0 Å². The van der Waals surface area contributed by atoms with Gasteiger partial charge in [-0.3, -0.25) is 14.9 Å². The molecule has 114 valence electrons. The first-order valence-corrected chi connectivity index (χ1v) is 7.77. The Morgan fingerprint density at radius 1 is 1.43 bits per heavy atom. The molecule has 1 fully saturated rings. The molecular formula is C12H14N2O6S. The number of carboxylic acids is 1. The fraction of sp³-hybridized carbons (Fsp3) is 0.417. The summed E-state index contributed by atoms with van der Waals surface area (Å²) in [6.07, 6.45) is 1.15. The summed E-state index contributed by atoms with van der Waals surface area (Å²) in [6.45, 7) is 0. The van der Waals surface area contributed by atoms with Crippen LogP contribution in [0.4, 0.5) is 5.69 Å². The first-order chi connectivity index (χ1) is 9.81. The highest BCUT2D eigenvalue weighted by molar-refractivity contribution is 7.89. The van der Waals surface area contributed by atoms with E-state index in [2.05, 4.69) is 4.72 Å². The summed E-state index contributed by atoms with van der Waals surface area (Å²) < 4.78 is 26.8. The Morgan fingerprint density at radius 2 is 2.05 bits per heavy atom. The van der Waals surface area contributed by atoms with Crippen molar-refractivity contribution in [2.75, 3.05) is 0 Å². The summed E-state index contributed by atoms with van der Waals surface area (Å²) in [6, 6.07) is 4.23. The molecule has 2 N–H and O–H groups in total. The molecule has 0 spiro atoms. The maximum atomic E-state index is 12.3. The van der Waals surface area contributed by atoms with E-state index in [1.807, 2.05) is 0 Å². The molecule has 0 bridgehead atoms. The van der Waals surface area contributed by atoms with Crippen LogP contribution in [0, 0.1) is 16.0 Å². The first-order valence-electron chi connectivity index (χ1n) is 6.29. The molecule has 0 heterocycles. The number of nitro groups is 1. The number of para-hydroxylation sites is 1. The van der Waals surface area contributed by atoms with Crippen LogP contribution in [-0.2, 0) is 14.8 Å². The summed E-state index contributed by atoms with van der Waals surface area (Å²) in [5.74, 6) is -1.14. The van der Waals surface area contributed by atoms with Crippen molar-refractivity contribution in [3.8, 4) is 0 Å². The third-order valence-electron chi connectivity index (χ3n) is 3.24. The second-order valence-electron chi connectivity index (χ2n) is 4.89. The van der Waals surface area contributed by atoms with Gasteiger partial charge in [-0.2, -0.15) is 0 Å². The molecule has 1 aliphatic carbocycles. The van der Waals surface area contributed by atoms with Crippen molar-refractivity contribution in [2.45, 2.75) is 30.2 Å². The van der Waals surface area contributed by atoms with Gasteiger partial charge in [-0.1, -0.05) is 12.1 Å². The Hall–Kier alpha value is -2.00. The van der Waals surface area contributed by atoms with E-state index in [0.29, 0.717) is 0 Å². The molecule has 8 nitrogen and oxygen atoms in total. The van der Waals surface area contributed by atoms with Crippen LogP contribution in [0.1, 0.15) is 19.3 Å². The predicted octanol–water partition coefficient (Wildman–Crippen LogP) is 1.13. The standard InChI is InChI=1S/C12H14N2O6S/c15-12(16)7-9(8-5-6-8)13-21(19,20)11-4-2-1-3-10(11)14(17)18/h1-4,8-9,13H,5-7H2,(H,15,16). The van der Waals surface area contributed by atoms with Gasteiger partial charge < -0.3 is 5.11 Å². The number of benzene rings is 1. The van der Waals surface area contributed by atoms with Gasteiger partial charge in [-0.05, 0) is 24.8 Å². The van der Waals surface area contributed by atoms with E-state index in [1.165, 1.54) is 12.1 Å². The number of nitrogens with one attached hydrogen (secondary N) is 1. The SMILES string of the molecule is O=C(O)CC(NS(=O)(=O)c1ccccc1[N+](=O)[O-])C1CC1. The van der Waals surface area contributed by atoms with Crippen LogP contribution in [0.3, 0.4) is 0 Å². The van der Waals surface area contributed by atoms with Crippen molar-refractivity contribution in [3.63, 3.8) is 0 Å². The predicted molar refractivity (Wildman–Crippen MR) is 72.2 cm³/mol. The summed E-state index contributed by atoms with van der Waals surface area (Å²) >= 11 is 0. The second kappa shape index (κ2) is 5.78. The molecule has 1 saturated carbocycles. The molecule has 1 unspecified atom stereocenters. The maximum Gasteiger partial charge on any atom is 0.304 e. The molecule has 0 radical (unpaired) electrons. The third kappa shape index (κ3) is 3.76. The van der Waals surface area contributed by atoms with Crippen molar-refractivity contribution in [1.82, 2.24) is 4.72 Å². The van der Waals surface area contributed by atoms with Crippen molar-refractivity contribution < 1.29 is 23.2 Å². The van der Waals surface area contributed by atoms with Crippen molar-refractivity contribution in [2.24, 2.45) is 5.92 Å². The smallest absolute Gasteiger partial charge is 0.304 e. The number of nitro benzene ring substituents is 1. The molecule has 0 aromatic heterocycles. The van der Waals surface area contributed by atoms with Gasteiger partial charge in [0.05, 0.1) is 11.3 Å². The topological polar surface area (TPSA) is 127 Å². The number of aliphatic carboxylic acids is 1. The summed E-state index contributed by atoms with van der Waals surface area (Å²) in [5, 5.41) is 19.7. The quantitative estimate of drug-likeness (QED) is 0.573. The third-order valence-corrected chi connectivity index (χ3v) is 4.78. The van der Waals surface area contributed by atoms with Crippen molar-refractivity contribution in [3.05, 3.63) is 34.4 Å². The molecule has 0 saturated heterocycles. The molecule has 1 aliphatic rings. The van der Waals surface area contributed by atoms with E-state index >= 15 is 0 Å². The van der Waals surface area contributed by atoms with Crippen LogP contribution in [-0.4, -0.2) is 30.5 Å². The largest absolute Gasteiger partial charge is 0.481 e. The molecule has 1 aromatic rings. The van der Waals surface area contributed by atoms with Crippen LogP contribution < -0.4 is 4.72 Å². The Bertz CT molecular complexity index is 668. The number of hydrogen-bond acceptors (Lipinski definition) is 5. The average molecular weight is 314 g/mol. The summed E-state index contributed by atoms with van der Waals surface area (Å²) in [4.78, 5) is 20.5. The molecule has 1 aromatic carbocycles. The molecule has 2 rings (SSSR count). The maximum absolute atomic E-state index is 12.3. The number of carbonyl (C=O) groups is 1. The van der Waals surface area contributed by atoms with Crippen molar-refractivity contribution in [1.29, 1.82) is 0 Å². The van der Waals surface area contributed by atoms with E-state index in [1.54, 1.807) is 0 Å². The zero-order valence-electron chi connectivity index (χ0n) is 10.9. The van der Waals surface area contributed by atoms with Crippen LogP contribution in [0.25, 0.3) is 0 Å². The van der Waals surface area contributed by atoms with Crippen LogP contribution in [0.2, 0.25) is 0 Å². The minimum absolute atomic E-state index is 0.0290. The van der Waals surface area contributed by atoms with Crippen molar-refractivity contribution >= 4 is 21.7 Å². The molecule has 1 atom stereocenters. The zero-order valence-corrected chi connectivity index (χ0v) is 11.7. The molecular weight excluding hydrogens is 300 g/mol. The second-order valence-corrected chi connectivity index (χ2v) is 6.57. The van der Waals surface area contributed by atoms with Crippen LogP contribution in [0.15, 0.2) is 29.2 Å². The Morgan fingerprint density at radius 3 is 2.57 bits per heavy atom. The van der Waals surface area contributed by atoms with Crippen LogP contribution >= 0.6 is 0 Å². The van der Waals surface area contributed by atoms with Gasteiger partial charge in [0.1, 0.15) is 0 Å². The Balaban J connectivity index is 2.29.